The number of nitrogens with zero attached hydrogens (tertiary/aromatic N) is 1. The molecule has 1 saturated heterocycles. The zero-order valence-corrected chi connectivity index (χ0v) is 12.0. The molecular weight excluding hydrogens is 228 g/mol. The van der Waals surface area contributed by atoms with Crippen molar-refractivity contribution in [1.82, 2.24) is 10.2 Å². The average Bonchev–Trinajstić information content (AvgIpc) is 2.35. The van der Waals surface area contributed by atoms with Gasteiger partial charge in [0.2, 0.25) is 5.91 Å². The molecule has 4 nitrogen and oxygen atoms in total. The van der Waals surface area contributed by atoms with E-state index >= 15 is 0 Å². The lowest BCUT2D eigenvalue weighted by Gasteiger charge is -2.39. The van der Waals surface area contributed by atoms with E-state index in [1.165, 1.54) is 12.8 Å². The van der Waals surface area contributed by atoms with E-state index in [0.717, 1.165) is 19.5 Å². The van der Waals surface area contributed by atoms with Gasteiger partial charge in [-0.2, -0.15) is 0 Å². The van der Waals surface area contributed by atoms with Gasteiger partial charge in [0, 0.05) is 31.6 Å². The number of hydrogen-bond donors (Lipinski definition) is 2. The summed E-state index contributed by atoms with van der Waals surface area (Å²) in [5.74, 6) is 0.929. The first-order valence-electron chi connectivity index (χ1n) is 7.21. The summed E-state index contributed by atoms with van der Waals surface area (Å²) >= 11 is 0. The van der Waals surface area contributed by atoms with E-state index in [1.54, 1.807) is 0 Å². The summed E-state index contributed by atoms with van der Waals surface area (Å²) in [5.41, 5.74) is 0. The Morgan fingerprint density at radius 2 is 2.17 bits per heavy atom. The molecule has 1 heterocycles. The fraction of sp³-hybridized carbons (Fsp3) is 0.929. The van der Waals surface area contributed by atoms with Gasteiger partial charge in [-0.15, -0.1) is 0 Å². The third kappa shape index (κ3) is 4.58. The Balaban J connectivity index is 2.58. The molecule has 0 aromatic carbocycles. The third-order valence-corrected chi connectivity index (χ3v) is 3.58. The Morgan fingerprint density at radius 3 is 2.72 bits per heavy atom. The molecule has 0 bridgehead atoms. The first-order chi connectivity index (χ1) is 8.58. The number of aliphatic hydroxyl groups is 1. The summed E-state index contributed by atoms with van der Waals surface area (Å²) in [6.45, 7) is 8.59. The van der Waals surface area contributed by atoms with Crippen molar-refractivity contribution in [3.63, 3.8) is 0 Å². The molecule has 2 unspecified atom stereocenters. The minimum atomic E-state index is 0.0730. The van der Waals surface area contributed by atoms with Crippen LogP contribution in [0, 0.1) is 11.8 Å². The Bertz CT molecular complexity index is 256. The highest BCUT2D eigenvalue weighted by Gasteiger charge is 2.29. The van der Waals surface area contributed by atoms with Crippen molar-refractivity contribution in [2.75, 3.05) is 26.2 Å². The predicted octanol–water partition coefficient (Wildman–Crippen LogP) is 1.24. The number of amides is 1. The molecule has 1 fully saturated rings. The van der Waals surface area contributed by atoms with Crippen molar-refractivity contribution in [3.8, 4) is 0 Å². The van der Waals surface area contributed by atoms with Crippen LogP contribution in [0.25, 0.3) is 0 Å². The fourth-order valence-corrected chi connectivity index (χ4v) is 2.78. The molecule has 2 atom stereocenters. The van der Waals surface area contributed by atoms with Gasteiger partial charge in [0.15, 0.2) is 0 Å². The second kappa shape index (κ2) is 7.74. The molecule has 106 valence electrons. The maximum absolute atomic E-state index is 12.1. The fourth-order valence-electron chi connectivity index (χ4n) is 2.78. The topological polar surface area (TPSA) is 52.6 Å². The number of nitrogens with one attached hydrogen (secondary N) is 1. The van der Waals surface area contributed by atoms with Crippen LogP contribution in [0.15, 0.2) is 0 Å². The number of piperidine rings is 1. The molecule has 18 heavy (non-hydrogen) atoms. The highest BCUT2D eigenvalue weighted by molar-refractivity contribution is 5.78. The van der Waals surface area contributed by atoms with E-state index in [0.29, 0.717) is 18.5 Å². The molecule has 1 rings (SSSR count). The highest BCUT2D eigenvalue weighted by Crippen LogP contribution is 2.22. The first kappa shape index (κ1) is 15.4. The number of aliphatic hydroxyl groups excluding tert-OH is 1. The van der Waals surface area contributed by atoms with E-state index in [9.17, 15) is 4.79 Å². The highest BCUT2D eigenvalue weighted by atomic mass is 16.3. The summed E-state index contributed by atoms with van der Waals surface area (Å²) in [6.07, 6.45) is 3.47. The molecular formula is C14H28N2O2. The van der Waals surface area contributed by atoms with Gasteiger partial charge in [-0.3, -0.25) is 4.79 Å². The van der Waals surface area contributed by atoms with Gasteiger partial charge < -0.3 is 15.3 Å². The summed E-state index contributed by atoms with van der Waals surface area (Å²) in [6, 6.07) is 0.338. The van der Waals surface area contributed by atoms with Gasteiger partial charge in [0.05, 0.1) is 6.61 Å². The number of carbonyl (C=O) groups is 1. The maximum Gasteiger partial charge on any atom is 0.225 e. The van der Waals surface area contributed by atoms with Crippen molar-refractivity contribution >= 4 is 5.91 Å². The standard InChI is InChI=1S/C14H28N2O2/c1-4-5-12-8-13(15-6-7-17)10-16(9-12)14(18)11(2)3/h11-13,15,17H,4-10H2,1-3H3. The van der Waals surface area contributed by atoms with Crippen molar-refractivity contribution in [1.29, 1.82) is 0 Å². The molecule has 0 saturated carbocycles. The van der Waals surface area contributed by atoms with Crippen LogP contribution < -0.4 is 5.32 Å². The first-order valence-corrected chi connectivity index (χ1v) is 7.21. The maximum atomic E-state index is 12.1. The molecule has 2 N–H and O–H groups in total. The Hall–Kier alpha value is -0.610. The van der Waals surface area contributed by atoms with Crippen molar-refractivity contribution in [2.24, 2.45) is 11.8 Å². The molecule has 1 aliphatic heterocycles. The van der Waals surface area contributed by atoms with E-state index in [1.807, 2.05) is 18.7 Å². The second-order valence-corrected chi connectivity index (χ2v) is 5.66. The van der Waals surface area contributed by atoms with Crippen LogP contribution in [0.2, 0.25) is 0 Å². The lowest BCUT2D eigenvalue weighted by molar-refractivity contribution is -0.136. The number of likely N-dealkylation sites (tertiary alicyclic amines) is 1. The van der Waals surface area contributed by atoms with Gasteiger partial charge in [-0.25, -0.2) is 0 Å². The van der Waals surface area contributed by atoms with Crippen molar-refractivity contribution < 1.29 is 9.90 Å². The van der Waals surface area contributed by atoms with Crippen LogP contribution >= 0.6 is 0 Å². The van der Waals surface area contributed by atoms with Crippen LogP contribution in [0.4, 0.5) is 0 Å². The minimum absolute atomic E-state index is 0.0730. The lowest BCUT2D eigenvalue weighted by Crippen LogP contribution is -2.52. The number of hydrogen-bond acceptors (Lipinski definition) is 3. The smallest absolute Gasteiger partial charge is 0.225 e. The van der Waals surface area contributed by atoms with Crippen LogP contribution in [-0.2, 0) is 4.79 Å². The van der Waals surface area contributed by atoms with Crippen molar-refractivity contribution in [3.05, 3.63) is 0 Å². The molecule has 0 aromatic rings. The average molecular weight is 256 g/mol. The van der Waals surface area contributed by atoms with E-state index < -0.39 is 0 Å². The van der Waals surface area contributed by atoms with E-state index in [-0.39, 0.29) is 18.4 Å². The SMILES string of the molecule is CCCC1CC(NCCO)CN(C(=O)C(C)C)C1. The summed E-state index contributed by atoms with van der Waals surface area (Å²) < 4.78 is 0. The summed E-state index contributed by atoms with van der Waals surface area (Å²) in [7, 11) is 0. The molecule has 0 aliphatic carbocycles. The van der Waals surface area contributed by atoms with Gasteiger partial charge >= 0.3 is 0 Å². The monoisotopic (exact) mass is 256 g/mol. The quantitative estimate of drug-likeness (QED) is 0.752. The summed E-state index contributed by atoms with van der Waals surface area (Å²) in [4.78, 5) is 14.1. The van der Waals surface area contributed by atoms with Gasteiger partial charge in [0.1, 0.15) is 0 Å². The lowest BCUT2D eigenvalue weighted by atomic mass is 9.90. The van der Waals surface area contributed by atoms with Crippen LogP contribution in [0.3, 0.4) is 0 Å². The van der Waals surface area contributed by atoms with Gasteiger partial charge in [-0.1, -0.05) is 27.2 Å². The predicted molar refractivity (Wildman–Crippen MR) is 73.3 cm³/mol. The van der Waals surface area contributed by atoms with Crippen LogP contribution in [-0.4, -0.2) is 48.2 Å². The van der Waals surface area contributed by atoms with Gasteiger partial charge in [0.25, 0.3) is 0 Å². The Labute approximate surface area is 111 Å². The molecule has 0 aromatic heterocycles. The van der Waals surface area contributed by atoms with Crippen molar-refractivity contribution in [2.45, 2.75) is 46.1 Å². The molecule has 1 amide bonds. The zero-order chi connectivity index (χ0) is 13.5. The third-order valence-electron chi connectivity index (χ3n) is 3.58. The summed E-state index contributed by atoms with van der Waals surface area (Å²) in [5, 5.41) is 12.2. The Morgan fingerprint density at radius 1 is 1.44 bits per heavy atom. The van der Waals surface area contributed by atoms with Crippen LogP contribution in [0.5, 0.6) is 0 Å². The molecule has 0 spiro atoms. The second-order valence-electron chi connectivity index (χ2n) is 5.66. The number of rotatable bonds is 6. The Kier molecular flexibility index (Phi) is 6.65. The van der Waals surface area contributed by atoms with Gasteiger partial charge in [-0.05, 0) is 18.8 Å². The zero-order valence-electron chi connectivity index (χ0n) is 12.0. The molecule has 1 aliphatic rings. The largest absolute Gasteiger partial charge is 0.395 e. The molecule has 4 heteroatoms. The van der Waals surface area contributed by atoms with E-state index in [2.05, 4.69) is 12.2 Å². The minimum Gasteiger partial charge on any atom is -0.395 e. The normalized spacial score (nSPS) is 24.6. The van der Waals surface area contributed by atoms with E-state index in [4.69, 9.17) is 5.11 Å². The molecule has 0 radical (unpaired) electrons. The number of carbonyl (C=O) groups excluding carboxylic acids is 1. The van der Waals surface area contributed by atoms with Crippen LogP contribution in [0.1, 0.15) is 40.0 Å².